The fraction of sp³-hybridized carbons (Fsp3) is 0.647. The highest BCUT2D eigenvalue weighted by Crippen LogP contribution is 2.40. The predicted octanol–water partition coefficient (Wildman–Crippen LogP) is 3.58. The molecule has 0 bridgehead atoms. The summed E-state index contributed by atoms with van der Waals surface area (Å²) in [5.74, 6) is -0.191. The third-order valence-corrected chi connectivity index (χ3v) is 4.72. The van der Waals surface area contributed by atoms with E-state index in [1.54, 1.807) is 12.1 Å². The normalized spacial score (nSPS) is 25.0. The molecule has 0 radical (unpaired) electrons. The van der Waals surface area contributed by atoms with Crippen LogP contribution in [-0.4, -0.2) is 23.4 Å². The van der Waals surface area contributed by atoms with Gasteiger partial charge >= 0.3 is 0 Å². The molecule has 1 spiro atoms. The number of hydrogen-bond acceptors (Lipinski definition) is 3. The van der Waals surface area contributed by atoms with Gasteiger partial charge in [0.05, 0.1) is 18.8 Å². The molecule has 1 heterocycles. The van der Waals surface area contributed by atoms with Crippen LogP contribution in [0.15, 0.2) is 18.2 Å². The Bertz CT molecular complexity index is 477. The molecule has 116 valence electrons. The highest BCUT2D eigenvalue weighted by molar-refractivity contribution is 5.34. The summed E-state index contributed by atoms with van der Waals surface area (Å²) in [4.78, 5) is 0. The number of rotatable bonds is 3. The number of aliphatic hydroxyl groups excluding tert-OH is 1. The molecule has 2 fully saturated rings. The monoisotopic (exact) mass is 294 g/mol. The molecule has 1 unspecified atom stereocenters. The van der Waals surface area contributed by atoms with Crippen molar-refractivity contribution in [2.45, 2.75) is 63.3 Å². The first-order valence-electron chi connectivity index (χ1n) is 7.91. The van der Waals surface area contributed by atoms with Crippen LogP contribution in [0.1, 0.15) is 50.5 Å². The summed E-state index contributed by atoms with van der Waals surface area (Å²) >= 11 is 0. The van der Waals surface area contributed by atoms with E-state index in [-0.39, 0.29) is 24.1 Å². The molecule has 1 saturated heterocycles. The van der Waals surface area contributed by atoms with Crippen LogP contribution < -0.4 is 4.74 Å². The molecular formula is C17H23FO3. The summed E-state index contributed by atoms with van der Waals surface area (Å²) in [5, 5.41) is 9.34. The van der Waals surface area contributed by atoms with Crippen molar-refractivity contribution in [3.05, 3.63) is 29.6 Å². The minimum absolute atomic E-state index is 0.0287. The third kappa shape index (κ3) is 3.22. The first kappa shape index (κ1) is 14.8. The van der Waals surface area contributed by atoms with E-state index in [1.165, 1.54) is 25.3 Å². The van der Waals surface area contributed by atoms with Gasteiger partial charge in [0, 0.05) is 18.4 Å². The van der Waals surface area contributed by atoms with E-state index >= 15 is 0 Å². The largest absolute Gasteiger partial charge is 0.487 e. The van der Waals surface area contributed by atoms with Crippen molar-refractivity contribution in [1.29, 1.82) is 0 Å². The Hall–Kier alpha value is -1.13. The third-order valence-electron chi connectivity index (χ3n) is 4.72. The number of para-hydroxylation sites is 1. The minimum Gasteiger partial charge on any atom is -0.487 e. The highest BCUT2D eigenvalue weighted by Gasteiger charge is 2.39. The van der Waals surface area contributed by atoms with Crippen molar-refractivity contribution in [3.8, 4) is 5.75 Å². The number of aliphatic hydroxyl groups is 1. The standard InChI is InChI=1S/C17H23FO3/c18-15-6-4-5-13(12-19)16(15)21-14-7-10-20-17(11-14)8-2-1-3-9-17/h4-6,14,19H,1-3,7-12H2. The van der Waals surface area contributed by atoms with Gasteiger partial charge in [0.2, 0.25) is 0 Å². The maximum absolute atomic E-state index is 14.0. The van der Waals surface area contributed by atoms with Gasteiger partial charge in [-0.3, -0.25) is 0 Å². The average molecular weight is 294 g/mol. The molecule has 0 aromatic heterocycles. The maximum Gasteiger partial charge on any atom is 0.165 e. The number of ether oxygens (including phenoxy) is 2. The molecule has 1 saturated carbocycles. The van der Waals surface area contributed by atoms with Gasteiger partial charge in [0.25, 0.3) is 0 Å². The first-order valence-corrected chi connectivity index (χ1v) is 7.91. The van der Waals surface area contributed by atoms with Gasteiger partial charge in [0.15, 0.2) is 11.6 Å². The molecule has 3 nitrogen and oxygen atoms in total. The predicted molar refractivity (Wildman–Crippen MR) is 77.7 cm³/mol. The van der Waals surface area contributed by atoms with Gasteiger partial charge in [0.1, 0.15) is 6.10 Å². The molecule has 1 aromatic rings. The van der Waals surface area contributed by atoms with Crippen LogP contribution in [0, 0.1) is 5.82 Å². The molecule has 1 N–H and O–H groups in total. The van der Waals surface area contributed by atoms with Gasteiger partial charge in [-0.15, -0.1) is 0 Å². The van der Waals surface area contributed by atoms with Crippen LogP contribution in [0.2, 0.25) is 0 Å². The minimum atomic E-state index is -0.397. The van der Waals surface area contributed by atoms with Gasteiger partial charge in [-0.1, -0.05) is 31.4 Å². The first-order chi connectivity index (χ1) is 10.2. The highest BCUT2D eigenvalue weighted by atomic mass is 19.1. The summed E-state index contributed by atoms with van der Waals surface area (Å²) in [6, 6.07) is 4.68. The lowest BCUT2D eigenvalue weighted by atomic mass is 9.79. The zero-order valence-corrected chi connectivity index (χ0v) is 12.3. The molecule has 1 atom stereocenters. The summed E-state index contributed by atoms with van der Waals surface area (Å²) in [5.41, 5.74) is 0.449. The van der Waals surface area contributed by atoms with E-state index in [9.17, 15) is 9.50 Å². The molecule has 2 aliphatic rings. The van der Waals surface area contributed by atoms with Crippen LogP contribution in [-0.2, 0) is 11.3 Å². The van der Waals surface area contributed by atoms with Crippen LogP contribution >= 0.6 is 0 Å². The molecule has 1 aromatic carbocycles. The molecule has 3 rings (SSSR count). The second-order valence-corrected chi connectivity index (χ2v) is 6.21. The molecule has 1 aliphatic carbocycles. The average Bonchev–Trinajstić information content (AvgIpc) is 2.50. The van der Waals surface area contributed by atoms with Crippen molar-refractivity contribution in [2.75, 3.05) is 6.61 Å². The van der Waals surface area contributed by atoms with E-state index in [1.807, 2.05) is 0 Å². The van der Waals surface area contributed by atoms with Crippen LogP contribution in [0.5, 0.6) is 5.75 Å². The summed E-state index contributed by atoms with van der Waals surface area (Å²) in [6.45, 7) is 0.467. The Kier molecular flexibility index (Phi) is 4.45. The number of hydrogen-bond donors (Lipinski definition) is 1. The molecular weight excluding hydrogens is 271 g/mol. The fourth-order valence-electron chi connectivity index (χ4n) is 3.60. The zero-order chi connectivity index (χ0) is 14.7. The lowest BCUT2D eigenvalue weighted by molar-refractivity contribution is -0.130. The van der Waals surface area contributed by atoms with Crippen LogP contribution in [0.25, 0.3) is 0 Å². The quantitative estimate of drug-likeness (QED) is 0.926. The Morgan fingerprint density at radius 2 is 2.10 bits per heavy atom. The molecule has 1 aliphatic heterocycles. The summed E-state index contributed by atoms with van der Waals surface area (Å²) < 4.78 is 25.9. The van der Waals surface area contributed by atoms with Crippen molar-refractivity contribution >= 4 is 0 Å². The van der Waals surface area contributed by atoms with E-state index in [2.05, 4.69) is 0 Å². The Labute approximate surface area is 125 Å². The van der Waals surface area contributed by atoms with Crippen LogP contribution in [0.4, 0.5) is 4.39 Å². The van der Waals surface area contributed by atoms with Crippen molar-refractivity contribution in [3.63, 3.8) is 0 Å². The second kappa shape index (κ2) is 6.32. The van der Waals surface area contributed by atoms with Gasteiger partial charge < -0.3 is 14.6 Å². The van der Waals surface area contributed by atoms with Crippen molar-refractivity contribution in [2.24, 2.45) is 0 Å². The van der Waals surface area contributed by atoms with Crippen molar-refractivity contribution < 1.29 is 19.0 Å². The zero-order valence-electron chi connectivity index (χ0n) is 12.3. The van der Waals surface area contributed by atoms with E-state index < -0.39 is 5.82 Å². The smallest absolute Gasteiger partial charge is 0.165 e. The van der Waals surface area contributed by atoms with E-state index in [0.29, 0.717) is 12.2 Å². The maximum atomic E-state index is 14.0. The molecule has 0 amide bonds. The van der Waals surface area contributed by atoms with E-state index in [0.717, 1.165) is 25.7 Å². The topological polar surface area (TPSA) is 38.7 Å². The fourth-order valence-corrected chi connectivity index (χ4v) is 3.60. The number of halogens is 1. The Balaban J connectivity index is 1.73. The lowest BCUT2D eigenvalue weighted by Gasteiger charge is -2.43. The Morgan fingerprint density at radius 1 is 1.29 bits per heavy atom. The van der Waals surface area contributed by atoms with Gasteiger partial charge in [-0.05, 0) is 18.9 Å². The van der Waals surface area contributed by atoms with Gasteiger partial charge in [-0.2, -0.15) is 0 Å². The van der Waals surface area contributed by atoms with Gasteiger partial charge in [-0.25, -0.2) is 4.39 Å². The number of benzene rings is 1. The lowest BCUT2D eigenvalue weighted by Crippen LogP contribution is -2.45. The summed E-state index contributed by atoms with van der Waals surface area (Å²) in [6.07, 6.45) is 7.42. The van der Waals surface area contributed by atoms with Crippen molar-refractivity contribution in [1.82, 2.24) is 0 Å². The summed E-state index contributed by atoms with van der Waals surface area (Å²) in [7, 11) is 0. The molecule has 21 heavy (non-hydrogen) atoms. The SMILES string of the molecule is OCc1cccc(F)c1OC1CCOC2(CCCCC2)C1. The van der Waals surface area contributed by atoms with Crippen LogP contribution in [0.3, 0.4) is 0 Å². The second-order valence-electron chi connectivity index (χ2n) is 6.21. The van der Waals surface area contributed by atoms with E-state index in [4.69, 9.17) is 9.47 Å². The Morgan fingerprint density at radius 3 is 2.86 bits per heavy atom. The molecule has 4 heteroatoms.